The molecule has 98 valence electrons. The highest BCUT2D eigenvalue weighted by atomic mass is 16.5. The minimum atomic E-state index is 0.256. The first kappa shape index (κ1) is 10.8. The van der Waals surface area contributed by atoms with E-state index in [2.05, 4.69) is 22.4 Å². The normalized spacial score (nSPS) is 41.3. The van der Waals surface area contributed by atoms with Crippen LogP contribution in [0.3, 0.4) is 0 Å². The van der Waals surface area contributed by atoms with Crippen molar-refractivity contribution in [2.45, 2.75) is 50.9 Å². The number of anilines is 1. The summed E-state index contributed by atoms with van der Waals surface area (Å²) >= 11 is 0. The van der Waals surface area contributed by atoms with E-state index < -0.39 is 0 Å². The summed E-state index contributed by atoms with van der Waals surface area (Å²) < 4.78 is 5.32. The molecule has 18 heavy (non-hydrogen) atoms. The molecule has 4 saturated carbocycles. The van der Waals surface area contributed by atoms with Gasteiger partial charge < -0.3 is 9.84 Å². The Kier molecular flexibility index (Phi) is 2.24. The van der Waals surface area contributed by atoms with Crippen molar-refractivity contribution in [1.82, 2.24) is 10.1 Å². The molecule has 4 aliphatic rings. The van der Waals surface area contributed by atoms with Gasteiger partial charge in [-0.05, 0) is 63.2 Å². The zero-order valence-electron chi connectivity index (χ0n) is 11.0. The molecule has 0 saturated heterocycles. The van der Waals surface area contributed by atoms with E-state index in [1.54, 1.807) is 0 Å². The molecule has 0 unspecified atom stereocenters. The smallest absolute Gasteiger partial charge is 0.321 e. The molecule has 1 aromatic heterocycles. The lowest BCUT2D eigenvalue weighted by Gasteiger charge is -2.55. The van der Waals surface area contributed by atoms with Crippen LogP contribution in [-0.4, -0.2) is 16.7 Å². The molecule has 0 amide bonds. The fourth-order valence-corrected chi connectivity index (χ4v) is 5.05. The first-order valence-electron chi connectivity index (χ1n) is 7.35. The van der Waals surface area contributed by atoms with Gasteiger partial charge in [-0.15, -0.1) is 0 Å². The molecule has 1 heterocycles. The fourth-order valence-electron chi connectivity index (χ4n) is 5.05. The predicted octanol–water partition coefficient (Wildman–Crippen LogP) is 2.97. The van der Waals surface area contributed by atoms with Gasteiger partial charge >= 0.3 is 6.01 Å². The zero-order chi connectivity index (χ0) is 12.2. The third-order valence-corrected chi connectivity index (χ3v) is 5.27. The summed E-state index contributed by atoms with van der Waals surface area (Å²) in [4.78, 5) is 4.60. The number of nitrogens with zero attached hydrogens (tertiary/aromatic N) is 2. The number of aromatic nitrogens is 2. The maximum atomic E-state index is 5.32. The van der Waals surface area contributed by atoms with E-state index >= 15 is 0 Å². The average Bonchev–Trinajstić information content (AvgIpc) is 2.77. The quantitative estimate of drug-likeness (QED) is 0.892. The van der Waals surface area contributed by atoms with Crippen molar-refractivity contribution < 1.29 is 4.52 Å². The maximum Gasteiger partial charge on any atom is 0.321 e. The molecule has 4 bridgehead atoms. The molecule has 4 nitrogen and oxygen atoms in total. The second-order valence-corrected chi connectivity index (χ2v) is 6.65. The molecule has 1 N–H and O–H groups in total. The van der Waals surface area contributed by atoms with E-state index in [-0.39, 0.29) is 5.41 Å². The Morgan fingerprint density at radius 2 is 1.78 bits per heavy atom. The van der Waals surface area contributed by atoms with Gasteiger partial charge in [0.25, 0.3) is 0 Å². The van der Waals surface area contributed by atoms with Crippen LogP contribution >= 0.6 is 0 Å². The third-order valence-electron chi connectivity index (χ3n) is 5.27. The van der Waals surface area contributed by atoms with E-state index in [4.69, 9.17) is 4.52 Å². The van der Waals surface area contributed by atoms with Crippen LogP contribution in [-0.2, 0) is 5.41 Å². The topological polar surface area (TPSA) is 51.0 Å². The van der Waals surface area contributed by atoms with E-state index in [9.17, 15) is 0 Å². The highest BCUT2D eigenvalue weighted by Crippen LogP contribution is 2.60. The molecular weight excluding hydrogens is 226 g/mol. The van der Waals surface area contributed by atoms with Crippen LogP contribution in [0.2, 0.25) is 0 Å². The van der Waals surface area contributed by atoms with Crippen molar-refractivity contribution in [3.63, 3.8) is 0 Å². The first-order chi connectivity index (χ1) is 8.77. The highest BCUT2D eigenvalue weighted by molar-refractivity contribution is 5.23. The Hall–Kier alpha value is -1.06. The second kappa shape index (κ2) is 3.72. The number of hydrogen-bond donors (Lipinski definition) is 1. The van der Waals surface area contributed by atoms with E-state index in [1.807, 2.05) is 0 Å². The average molecular weight is 247 g/mol. The van der Waals surface area contributed by atoms with E-state index in [0.717, 1.165) is 30.1 Å². The Morgan fingerprint density at radius 1 is 1.17 bits per heavy atom. The lowest BCUT2D eigenvalue weighted by atomic mass is 9.49. The van der Waals surface area contributed by atoms with Crippen molar-refractivity contribution in [2.75, 3.05) is 11.9 Å². The van der Waals surface area contributed by atoms with Crippen molar-refractivity contribution in [3.8, 4) is 0 Å². The Labute approximate surface area is 108 Å². The Morgan fingerprint density at radius 3 is 2.33 bits per heavy atom. The van der Waals surface area contributed by atoms with Gasteiger partial charge in [-0.1, -0.05) is 5.16 Å². The maximum absolute atomic E-state index is 5.32. The van der Waals surface area contributed by atoms with Gasteiger partial charge in [-0.25, -0.2) is 0 Å². The molecule has 0 spiro atoms. The highest BCUT2D eigenvalue weighted by Gasteiger charge is 2.53. The van der Waals surface area contributed by atoms with Crippen molar-refractivity contribution in [1.29, 1.82) is 0 Å². The van der Waals surface area contributed by atoms with Gasteiger partial charge in [0.1, 0.15) is 0 Å². The Balaban J connectivity index is 1.66. The van der Waals surface area contributed by atoms with Crippen LogP contribution in [0.4, 0.5) is 6.01 Å². The van der Waals surface area contributed by atoms with Crippen LogP contribution in [0.25, 0.3) is 0 Å². The zero-order valence-corrected chi connectivity index (χ0v) is 11.0. The molecule has 4 fully saturated rings. The fraction of sp³-hybridized carbons (Fsp3) is 0.857. The van der Waals surface area contributed by atoms with Gasteiger partial charge in [-0.3, -0.25) is 0 Å². The van der Waals surface area contributed by atoms with Crippen LogP contribution < -0.4 is 5.32 Å². The summed E-state index contributed by atoms with van der Waals surface area (Å²) in [5.74, 6) is 3.77. The third kappa shape index (κ3) is 1.50. The molecule has 0 atom stereocenters. The minimum Gasteiger partial charge on any atom is -0.338 e. The standard InChI is InChI=1S/C14H21N3O/c1-2-15-13-16-12(17-18-13)14-6-9-3-10(7-14)5-11(4-9)8-14/h9-11H,2-8H2,1H3,(H,15,16,17). The van der Waals surface area contributed by atoms with Crippen LogP contribution in [0.5, 0.6) is 0 Å². The van der Waals surface area contributed by atoms with Crippen molar-refractivity contribution in [3.05, 3.63) is 5.82 Å². The SMILES string of the molecule is CCNc1nc(C23CC4CC(CC(C4)C2)C3)no1. The van der Waals surface area contributed by atoms with Gasteiger partial charge in [-0.2, -0.15) is 4.98 Å². The summed E-state index contributed by atoms with van der Waals surface area (Å²) in [6.45, 7) is 2.89. The lowest BCUT2D eigenvalue weighted by Crippen LogP contribution is -2.49. The number of rotatable bonds is 3. The first-order valence-corrected chi connectivity index (χ1v) is 7.35. The van der Waals surface area contributed by atoms with Crippen LogP contribution in [0.15, 0.2) is 4.52 Å². The second-order valence-electron chi connectivity index (χ2n) is 6.65. The van der Waals surface area contributed by atoms with Gasteiger partial charge in [0.2, 0.25) is 0 Å². The van der Waals surface area contributed by atoms with Crippen LogP contribution in [0.1, 0.15) is 51.3 Å². The summed E-state index contributed by atoms with van der Waals surface area (Å²) in [5, 5.41) is 7.40. The summed E-state index contributed by atoms with van der Waals surface area (Å²) in [6.07, 6.45) is 8.25. The lowest BCUT2D eigenvalue weighted by molar-refractivity contribution is -0.0103. The van der Waals surface area contributed by atoms with Gasteiger partial charge in [0, 0.05) is 12.0 Å². The monoisotopic (exact) mass is 247 g/mol. The van der Waals surface area contributed by atoms with Crippen molar-refractivity contribution in [2.24, 2.45) is 17.8 Å². The molecule has 0 aliphatic heterocycles. The Bertz CT molecular complexity index is 418. The van der Waals surface area contributed by atoms with E-state index in [0.29, 0.717) is 6.01 Å². The molecule has 1 aromatic rings. The molecule has 4 aliphatic carbocycles. The number of nitrogens with one attached hydrogen (secondary N) is 1. The van der Waals surface area contributed by atoms with E-state index in [1.165, 1.54) is 38.5 Å². The number of hydrogen-bond acceptors (Lipinski definition) is 4. The van der Waals surface area contributed by atoms with Crippen LogP contribution in [0, 0.1) is 17.8 Å². The molecule has 0 aromatic carbocycles. The molecule has 5 rings (SSSR count). The van der Waals surface area contributed by atoms with Gasteiger partial charge in [0.05, 0.1) is 0 Å². The molecule has 4 heteroatoms. The summed E-state index contributed by atoms with van der Waals surface area (Å²) in [6, 6.07) is 0.600. The predicted molar refractivity (Wildman–Crippen MR) is 68.3 cm³/mol. The summed E-state index contributed by atoms with van der Waals surface area (Å²) in [7, 11) is 0. The molecular formula is C14H21N3O. The van der Waals surface area contributed by atoms with Gasteiger partial charge in [0.15, 0.2) is 5.82 Å². The van der Waals surface area contributed by atoms with Crippen molar-refractivity contribution >= 4 is 6.01 Å². The largest absolute Gasteiger partial charge is 0.338 e. The summed E-state index contributed by atoms with van der Waals surface area (Å²) in [5.41, 5.74) is 0.256. The minimum absolute atomic E-state index is 0.256. The molecule has 0 radical (unpaired) electrons.